The Morgan fingerprint density at radius 2 is 1.77 bits per heavy atom. The summed E-state index contributed by atoms with van der Waals surface area (Å²) in [5.41, 5.74) is 12.7. The van der Waals surface area contributed by atoms with E-state index in [0.717, 1.165) is 35.4 Å². The highest BCUT2D eigenvalue weighted by molar-refractivity contribution is 6.33. The van der Waals surface area contributed by atoms with Crippen molar-refractivity contribution in [1.29, 1.82) is 0 Å². The maximum Gasteiger partial charge on any atom is 0.251 e. The lowest BCUT2D eigenvalue weighted by Crippen LogP contribution is -2.15. The normalized spacial score (nSPS) is 15.9. The third-order valence-corrected chi connectivity index (χ3v) is 5.83. The molecule has 1 amide bonds. The van der Waals surface area contributed by atoms with Crippen LogP contribution in [0.2, 0.25) is 5.02 Å². The minimum absolute atomic E-state index is 0.223. The number of hydrogen-bond acceptors (Lipinski definition) is 1. The molecule has 4 rings (SSSR count). The Balaban J connectivity index is 1.98. The lowest BCUT2D eigenvalue weighted by atomic mass is 10.00. The molecule has 4 heteroatoms. The van der Waals surface area contributed by atoms with Crippen LogP contribution in [-0.4, -0.2) is 10.5 Å². The first-order valence-corrected chi connectivity index (χ1v) is 9.22. The van der Waals surface area contributed by atoms with Crippen LogP contribution in [0.3, 0.4) is 0 Å². The largest absolute Gasteiger partial charge is 0.366 e. The zero-order valence-electron chi connectivity index (χ0n) is 14.9. The lowest BCUT2D eigenvalue weighted by Gasteiger charge is -2.19. The van der Waals surface area contributed by atoms with Crippen molar-refractivity contribution in [3.05, 3.63) is 81.6 Å². The molecular formula is C22H21ClN2O. The van der Waals surface area contributed by atoms with E-state index in [-0.39, 0.29) is 6.04 Å². The van der Waals surface area contributed by atoms with Crippen molar-refractivity contribution in [3.8, 4) is 11.1 Å². The number of nitrogens with two attached hydrogens (primary N) is 1. The van der Waals surface area contributed by atoms with Crippen LogP contribution in [0.1, 0.15) is 45.3 Å². The average Bonchev–Trinajstić information content (AvgIpc) is 3.14. The molecule has 0 saturated carbocycles. The Hall–Kier alpha value is -2.52. The molecule has 1 atom stereocenters. The molecule has 1 aliphatic rings. The van der Waals surface area contributed by atoms with Gasteiger partial charge in [0, 0.05) is 27.5 Å². The number of carbonyl (C=O) groups is 1. The van der Waals surface area contributed by atoms with Gasteiger partial charge in [-0.1, -0.05) is 54.1 Å². The number of nitrogens with zero attached hydrogens (tertiary/aromatic N) is 1. The first-order valence-electron chi connectivity index (χ1n) is 8.84. The van der Waals surface area contributed by atoms with Gasteiger partial charge in [0.2, 0.25) is 0 Å². The molecule has 0 bridgehead atoms. The minimum Gasteiger partial charge on any atom is -0.366 e. The molecule has 2 N–H and O–H groups in total. The molecule has 1 heterocycles. The number of fused-ring (bicyclic) bond motifs is 1. The predicted molar refractivity (Wildman–Crippen MR) is 106 cm³/mol. The zero-order chi connectivity index (χ0) is 18.4. The maximum atomic E-state index is 12.3. The van der Waals surface area contributed by atoms with Crippen LogP contribution in [0.4, 0.5) is 0 Å². The number of rotatable bonds is 3. The van der Waals surface area contributed by atoms with Crippen molar-refractivity contribution in [3.63, 3.8) is 0 Å². The van der Waals surface area contributed by atoms with Crippen molar-refractivity contribution in [2.24, 2.45) is 5.73 Å². The number of amides is 1. The molecule has 132 valence electrons. The smallest absolute Gasteiger partial charge is 0.251 e. The monoisotopic (exact) mass is 364 g/mol. The number of primary amides is 1. The van der Waals surface area contributed by atoms with Crippen molar-refractivity contribution < 1.29 is 4.79 Å². The Morgan fingerprint density at radius 1 is 1.08 bits per heavy atom. The summed E-state index contributed by atoms with van der Waals surface area (Å²) in [6, 6.07) is 16.4. The highest BCUT2D eigenvalue weighted by atomic mass is 35.5. The van der Waals surface area contributed by atoms with E-state index in [1.54, 1.807) is 0 Å². The van der Waals surface area contributed by atoms with E-state index in [2.05, 4.69) is 35.8 Å². The summed E-state index contributed by atoms with van der Waals surface area (Å²) in [7, 11) is 0. The quantitative estimate of drug-likeness (QED) is 0.693. The molecule has 0 fully saturated rings. The van der Waals surface area contributed by atoms with Gasteiger partial charge >= 0.3 is 0 Å². The summed E-state index contributed by atoms with van der Waals surface area (Å²) in [5.74, 6) is -0.412. The molecule has 0 aliphatic heterocycles. The third-order valence-electron chi connectivity index (χ3n) is 5.50. The molecule has 26 heavy (non-hydrogen) atoms. The summed E-state index contributed by atoms with van der Waals surface area (Å²) in [6.07, 6.45) is 2.07. The average molecular weight is 365 g/mol. The highest BCUT2D eigenvalue weighted by Gasteiger charge is 2.31. The molecule has 3 nitrogen and oxygen atoms in total. The number of benzene rings is 2. The second-order valence-electron chi connectivity index (χ2n) is 6.89. The van der Waals surface area contributed by atoms with E-state index in [4.69, 9.17) is 17.3 Å². The van der Waals surface area contributed by atoms with Gasteiger partial charge in [0.15, 0.2) is 0 Å². The molecule has 1 aromatic heterocycles. The number of aromatic nitrogens is 1. The Morgan fingerprint density at radius 3 is 2.50 bits per heavy atom. The van der Waals surface area contributed by atoms with Crippen LogP contribution in [0.15, 0.2) is 48.5 Å². The van der Waals surface area contributed by atoms with Gasteiger partial charge in [-0.3, -0.25) is 4.79 Å². The Labute approximate surface area is 158 Å². The van der Waals surface area contributed by atoms with E-state index >= 15 is 0 Å². The van der Waals surface area contributed by atoms with Crippen LogP contribution in [0.5, 0.6) is 0 Å². The van der Waals surface area contributed by atoms with E-state index in [9.17, 15) is 4.79 Å². The second-order valence-corrected chi connectivity index (χ2v) is 7.30. The number of aryl methyl sites for hydroxylation is 1. The van der Waals surface area contributed by atoms with Crippen LogP contribution in [0, 0.1) is 13.8 Å². The molecular weight excluding hydrogens is 344 g/mol. The van der Waals surface area contributed by atoms with Gasteiger partial charge < -0.3 is 10.3 Å². The van der Waals surface area contributed by atoms with Gasteiger partial charge in [-0.25, -0.2) is 0 Å². The number of halogens is 1. The fourth-order valence-electron chi connectivity index (χ4n) is 4.42. The highest BCUT2D eigenvalue weighted by Crippen LogP contribution is 2.42. The van der Waals surface area contributed by atoms with Gasteiger partial charge in [0.1, 0.15) is 0 Å². The van der Waals surface area contributed by atoms with Crippen LogP contribution < -0.4 is 5.73 Å². The minimum atomic E-state index is -0.412. The van der Waals surface area contributed by atoms with Crippen LogP contribution in [-0.2, 0) is 6.42 Å². The fraction of sp³-hybridized carbons (Fsp3) is 0.227. The van der Waals surface area contributed by atoms with Crippen molar-refractivity contribution in [2.75, 3.05) is 0 Å². The fourth-order valence-corrected chi connectivity index (χ4v) is 4.65. The van der Waals surface area contributed by atoms with Gasteiger partial charge in [0.05, 0.1) is 11.6 Å². The topological polar surface area (TPSA) is 48.0 Å². The second kappa shape index (κ2) is 6.33. The molecule has 0 radical (unpaired) electrons. The lowest BCUT2D eigenvalue weighted by molar-refractivity contribution is 0.1000. The van der Waals surface area contributed by atoms with Gasteiger partial charge in [0.25, 0.3) is 5.91 Å². The molecule has 2 aromatic carbocycles. The van der Waals surface area contributed by atoms with Gasteiger partial charge in [-0.2, -0.15) is 0 Å². The number of hydrogen-bond donors (Lipinski definition) is 1. The summed E-state index contributed by atoms with van der Waals surface area (Å²) in [6.45, 7) is 4.04. The Kier molecular flexibility index (Phi) is 4.12. The van der Waals surface area contributed by atoms with Crippen LogP contribution in [0.25, 0.3) is 11.1 Å². The summed E-state index contributed by atoms with van der Waals surface area (Å²) >= 11 is 6.45. The standard InChI is InChI=1S/C22H21ClN2O/c1-13-20(17-9-5-6-10-18(17)23)21(22(24)26)14(2)25(13)19-12-11-15-7-3-4-8-16(15)19/h3-10,19H,11-12H2,1-2H3,(H2,24,26). The summed E-state index contributed by atoms with van der Waals surface area (Å²) in [4.78, 5) is 12.3. The maximum absolute atomic E-state index is 12.3. The van der Waals surface area contributed by atoms with E-state index in [1.807, 2.05) is 31.2 Å². The Bertz CT molecular complexity index is 1020. The molecule has 3 aromatic rings. The van der Waals surface area contributed by atoms with Crippen LogP contribution >= 0.6 is 11.6 Å². The van der Waals surface area contributed by atoms with Gasteiger partial charge in [-0.15, -0.1) is 0 Å². The van der Waals surface area contributed by atoms with Crippen molar-refractivity contribution in [2.45, 2.75) is 32.7 Å². The molecule has 0 spiro atoms. The molecule has 1 unspecified atom stereocenters. The third kappa shape index (κ3) is 2.46. The zero-order valence-corrected chi connectivity index (χ0v) is 15.7. The van der Waals surface area contributed by atoms with Crippen molar-refractivity contribution >= 4 is 17.5 Å². The van der Waals surface area contributed by atoms with Gasteiger partial charge in [-0.05, 0) is 43.9 Å². The molecule has 0 saturated heterocycles. The molecule has 1 aliphatic carbocycles. The summed E-state index contributed by atoms with van der Waals surface area (Å²) < 4.78 is 2.27. The van der Waals surface area contributed by atoms with E-state index < -0.39 is 5.91 Å². The van der Waals surface area contributed by atoms with Crippen molar-refractivity contribution in [1.82, 2.24) is 4.57 Å². The summed E-state index contributed by atoms with van der Waals surface area (Å²) in [5, 5.41) is 0.627. The first kappa shape index (κ1) is 16.9. The first-order chi connectivity index (χ1) is 12.5. The number of carbonyl (C=O) groups excluding carboxylic acids is 1. The van der Waals surface area contributed by atoms with E-state index in [1.165, 1.54) is 11.1 Å². The van der Waals surface area contributed by atoms with E-state index in [0.29, 0.717) is 10.6 Å². The predicted octanol–water partition coefficient (Wildman–Crippen LogP) is 5.06. The SMILES string of the molecule is Cc1c(C(N)=O)c(-c2ccccc2Cl)c(C)n1C1CCc2ccccc21.